The summed E-state index contributed by atoms with van der Waals surface area (Å²) in [5, 5.41) is 0. The van der Waals surface area contributed by atoms with Crippen molar-refractivity contribution in [2.45, 2.75) is 0 Å². The van der Waals surface area contributed by atoms with Crippen LogP contribution in [0.3, 0.4) is 0 Å². The first kappa shape index (κ1) is 12.7. The minimum absolute atomic E-state index is 0.0748. The average Bonchev–Trinajstić information content (AvgIpc) is 2.15. The van der Waals surface area contributed by atoms with Gasteiger partial charge in [0.25, 0.3) is 0 Å². The second-order valence-electron chi connectivity index (χ2n) is 2.56. The standard InChI is InChI=1S/C7H8BrN3O4S/c1-15-7(12)11-16(13,14)10-6-4-5(8)2-3-9-6/h2-4H,1H3,(H,9,10)(H,11,12). The lowest BCUT2D eigenvalue weighted by Crippen LogP contribution is -2.35. The lowest BCUT2D eigenvalue weighted by Gasteiger charge is -2.07. The van der Waals surface area contributed by atoms with Crippen molar-refractivity contribution >= 4 is 38.1 Å². The smallest absolute Gasteiger partial charge is 0.422 e. The number of ether oxygens (including phenoxy) is 1. The van der Waals surface area contributed by atoms with E-state index in [2.05, 4.69) is 25.7 Å². The van der Waals surface area contributed by atoms with Gasteiger partial charge >= 0.3 is 16.3 Å². The molecular weight excluding hydrogens is 302 g/mol. The van der Waals surface area contributed by atoms with E-state index in [9.17, 15) is 13.2 Å². The highest BCUT2D eigenvalue weighted by molar-refractivity contribution is 9.10. The van der Waals surface area contributed by atoms with Crippen molar-refractivity contribution in [2.75, 3.05) is 11.8 Å². The van der Waals surface area contributed by atoms with Crippen molar-refractivity contribution in [2.24, 2.45) is 0 Å². The van der Waals surface area contributed by atoms with E-state index >= 15 is 0 Å². The third-order valence-corrected chi connectivity index (χ3v) is 2.77. The molecule has 0 fully saturated rings. The van der Waals surface area contributed by atoms with Gasteiger partial charge in [0, 0.05) is 10.7 Å². The summed E-state index contributed by atoms with van der Waals surface area (Å²) in [5.74, 6) is 0.0748. The molecule has 0 aliphatic heterocycles. The summed E-state index contributed by atoms with van der Waals surface area (Å²) in [5.41, 5.74) is 0. The Bertz CT molecular complexity index is 490. The van der Waals surface area contributed by atoms with Gasteiger partial charge in [-0.15, -0.1) is 0 Å². The molecule has 0 bridgehead atoms. The second kappa shape index (κ2) is 5.12. The van der Waals surface area contributed by atoms with Crippen LogP contribution < -0.4 is 9.44 Å². The van der Waals surface area contributed by atoms with Gasteiger partial charge in [-0.3, -0.25) is 4.72 Å². The van der Waals surface area contributed by atoms with Gasteiger partial charge in [-0.1, -0.05) is 15.9 Å². The van der Waals surface area contributed by atoms with Gasteiger partial charge in [-0.25, -0.2) is 14.5 Å². The molecule has 1 aromatic rings. The van der Waals surface area contributed by atoms with Crippen LogP contribution in [0.25, 0.3) is 0 Å². The SMILES string of the molecule is COC(=O)NS(=O)(=O)Nc1cc(Br)ccn1. The van der Waals surface area contributed by atoms with Crippen LogP contribution in [0.1, 0.15) is 0 Å². The Morgan fingerprint density at radius 3 is 2.81 bits per heavy atom. The van der Waals surface area contributed by atoms with Crippen LogP contribution in [0.5, 0.6) is 0 Å². The Kier molecular flexibility index (Phi) is 4.07. The number of nitrogens with one attached hydrogen (secondary N) is 2. The van der Waals surface area contributed by atoms with Gasteiger partial charge < -0.3 is 4.74 Å². The average molecular weight is 310 g/mol. The van der Waals surface area contributed by atoms with Crippen LogP contribution in [0, 0.1) is 0 Å². The van der Waals surface area contributed by atoms with Crippen LogP contribution >= 0.6 is 15.9 Å². The summed E-state index contributed by atoms with van der Waals surface area (Å²) in [6.07, 6.45) is 0.322. The highest BCUT2D eigenvalue weighted by atomic mass is 79.9. The molecule has 0 spiro atoms. The first-order chi connectivity index (χ1) is 7.43. The third kappa shape index (κ3) is 4.03. The van der Waals surface area contributed by atoms with E-state index in [0.717, 1.165) is 7.11 Å². The molecule has 0 unspecified atom stereocenters. The fraction of sp³-hybridized carbons (Fsp3) is 0.143. The number of hydrogen-bond acceptors (Lipinski definition) is 5. The molecule has 2 N–H and O–H groups in total. The maximum absolute atomic E-state index is 11.3. The Hall–Kier alpha value is -1.35. The summed E-state index contributed by atoms with van der Waals surface area (Å²) in [4.78, 5) is 14.4. The summed E-state index contributed by atoms with van der Waals surface area (Å²) in [6.45, 7) is 0. The number of carbonyl (C=O) groups is 1. The predicted molar refractivity (Wildman–Crippen MR) is 60.0 cm³/mol. The highest BCUT2D eigenvalue weighted by Gasteiger charge is 2.14. The van der Waals surface area contributed by atoms with Crippen LogP contribution in [-0.2, 0) is 14.9 Å². The van der Waals surface area contributed by atoms with Crippen molar-refractivity contribution in [3.63, 3.8) is 0 Å². The number of halogens is 1. The van der Waals surface area contributed by atoms with Crippen LogP contribution in [0.4, 0.5) is 10.6 Å². The fourth-order valence-electron chi connectivity index (χ4n) is 0.775. The highest BCUT2D eigenvalue weighted by Crippen LogP contribution is 2.13. The molecule has 88 valence electrons. The summed E-state index contributed by atoms with van der Waals surface area (Å²) in [7, 11) is -2.96. The van der Waals surface area contributed by atoms with Crippen molar-refractivity contribution in [3.05, 3.63) is 22.8 Å². The first-order valence-corrected chi connectivity index (χ1v) is 6.20. The minimum Gasteiger partial charge on any atom is -0.452 e. The number of methoxy groups -OCH3 is 1. The van der Waals surface area contributed by atoms with Gasteiger partial charge in [0.1, 0.15) is 5.82 Å². The van der Waals surface area contributed by atoms with Crippen molar-refractivity contribution in [3.8, 4) is 0 Å². The monoisotopic (exact) mass is 309 g/mol. The Morgan fingerprint density at radius 1 is 1.56 bits per heavy atom. The molecule has 1 rings (SSSR count). The molecule has 1 heterocycles. The number of amides is 1. The first-order valence-electron chi connectivity index (χ1n) is 3.93. The number of carbonyl (C=O) groups excluding carboxylic acids is 1. The molecular formula is C7H8BrN3O4S. The van der Waals surface area contributed by atoms with Gasteiger partial charge in [-0.05, 0) is 12.1 Å². The largest absolute Gasteiger partial charge is 0.452 e. The van der Waals surface area contributed by atoms with E-state index < -0.39 is 16.3 Å². The van der Waals surface area contributed by atoms with Gasteiger partial charge in [-0.2, -0.15) is 8.42 Å². The molecule has 1 aromatic heterocycles. The van der Waals surface area contributed by atoms with E-state index in [-0.39, 0.29) is 5.82 Å². The minimum atomic E-state index is -4.02. The quantitative estimate of drug-likeness (QED) is 0.863. The van der Waals surface area contributed by atoms with Gasteiger partial charge in [0.2, 0.25) is 0 Å². The van der Waals surface area contributed by atoms with E-state index in [1.54, 1.807) is 10.8 Å². The number of anilines is 1. The molecule has 0 saturated heterocycles. The summed E-state index contributed by atoms with van der Waals surface area (Å²) >= 11 is 3.15. The molecule has 0 aliphatic rings. The zero-order valence-corrected chi connectivity index (χ0v) is 10.5. The maximum atomic E-state index is 11.3. The van der Waals surface area contributed by atoms with Gasteiger partial charge in [0.15, 0.2) is 0 Å². The third-order valence-electron chi connectivity index (χ3n) is 1.36. The Balaban J connectivity index is 2.77. The lowest BCUT2D eigenvalue weighted by molar-refractivity contribution is 0.177. The summed E-state index contributed by atoms with van der Waals surface area (Å²) < 4.78 is 31.1. The topological polar surface area (TPSA) is 97.4 Å². The lowest BCUT2D eigenvalue weighted by atomic mass is 10.5. The fourth-order valence-corrected chi connectivity index (χ4v) is 1.85. The number of pyridine rings is 1. The molecule has 0 aromatic carbocycles. The maximum Gasteiger partial charge on any atom is 0.422 e. The number of nitrogens with zero attached hydrogens (tertiary/aromatic N) is 1. The van der Waals surface area contributed by atoms with E-state index in [1.807, 2.05) is 4.72 Å². The molecule has 7 nitrogen and oxygen atoms in total. The van der Waals surface area contributed by atoms with Crippen molar-refractivity contribution < 1.29 is 17.9 Å². The van der Waals surface area contributed by atoms with Crippen molar-refractivity contribution in [1.29, 1.82) is 0 Å². The van der Waals surface area contributed by atoms with E-state index in [4.69, 9.17) is 0 Å². The summed E-state index contributed by atoms with van der Waals surface area (Å²) in [6, 6.07) is 3.07. The predicted octanol–water partition coefficient (Wildman–Crippen LogP) is 0.857. The molecule has 0 aliphatic carbocycles. The van der Waals surface area contributed by atoms with E-state index in [1.165, 1.54) is 12.3 Å². The zero-order valence-electron chi connectivity index (χ0n) is 8.10. The number of hydrogen-bond donors (Lipinski definition) is 2. The van der Waals surface area contributed by atoms with Crippen LogP contribution in [0.15, 0.2) is 22.8 Å². The zero-order chi connectivity index (χ0) is 12.2. The Morgan fingerprint density at radius 2 is 2.25 bits per heavy atom. The van der Waals surface area contributed by atoms with Crippen molar-refractivity contribution in [1.82, 2.24) is 9.71 Å². The van der Waals surface area contributed by atoms with Crippen LogP contribution in [-0.4, -0.2) is 26.6 Å². The normalized spacial score (nSPS) is 10.6. The molecule has 0 atom stereocenters. The number of rotatable bonds is 3. The number of aromatic nitrogens is 1. The molecule has 0 saturated carbocycles. The molecule has 9 heteroatoms. The van der Waals surface area contributed by atoms with Gasteiger partial charge in [0.05, 0.1) is 7.11 Å². The van der Waals surface area contributed by atoms with E-state index in [0.29, 0.717) is 4.47 Å². The second-order valence-corrected chi connectivity index (χ2v) is 4.89. The molecule has 1 amide bonds. The van der Waals surface area contributed by atoms with Crippen LogP contribution in [0.2, 0.25) is 0 Å². The molecule has 0 radical (unpaired) electrons. The Labute approximate surface area is 101 Å². The molecule has 16 heavy (non-hydrogen) atoms.